The molecule has 0 amide bonds. The third kappa shape index (κ3) is 4.06. The van der Waals surface area contributed by atoms with E-state index in [0.717, 1.165) is 18.4 Å². The van der Waals surface area contributed by atoms with Crippen LogP contribution in [-0.4, -0.2) is 24.9 Å². The van der Waals surface area contributed by atoms with Crippen LogP contribution in [0.2, 0.25) is 13.1 Å². The smallest absolute Gasteiger partial charge is 0.185 e. The summed E-state index contributed by atoms with van der Waals surface area (Å²) in [7, 11) is -1.18. The van der Waals surface area contributed by atoms with Gasteiger partial charge in [-0.25, -0.2) is 4.98 Å². The molecule has 1 atom stereocenters. The molecular formula is C13H24N2O2Si. The zero-order chi connectivity index (χ0) is 13.9. The first-order chi connectivity index (χ1) is 8.24. The first kappa shape index (κ1) is 15.1. The topological polar surface area (TPSA) is 44.1 Å². The number of nitrogens with zero attached hydrogens (tertiary/aromatic N) is 2. The van der Waals surface area contributed by atoms with Gasteiger partial charge in [-0.2, -0.15) is 0 Å². The van der Waals surface area contributed by atoms with Crippen molar-refractivity contribution in [2.24, 2.45) is 5.41 Å². The molecule has 0 aliphatic carbocycles. The zero-order valence-corrected chi connectivity index (χ0v) is 13.4. The highest BCUT2D eigenvalue weighted by molar-refractivity contribution is 6.48. The quantitative estimate of drug-likeness (QED) is 0.609. The summed E-state index contributed by atoms with van der Waals surface area (Å²) in [5.74, 6) is 0.455. The fraction of sp³-hybridized carbons (Fsp3) is 0.692. The van der Waals surface area contributed by atoms with Crippen LogP contribution in [-0.2, 0) is 4.43 Å². The number of hydrogen-bond donors (Lipinski definition) is 0. The van der Waals surface area contributed by atoms with E-state index in [9.17, 15) is 4.79 Å². The molecule has 0 bridgehead atoms. The van der Waals surface area contributed by atoms with E-state index >= 15 is 0 Å². The molecule has 4 nitrogen and oxygen atoms in total. The second-order valence-electron chi connectivity index (χ2n) is 6.15. The lowest BCUT2D eigenvalue weighted by Gasteiger charge is -2.30. The lowest BCUT2D eigenvalue weighted by molar-refractivity contribution is 0.0767. The van der Waals surface area contributed by atoms with E-state index < -0.39 is 9.04 Å². The van der Waals surface area contributed by atoms with E-state index in [1.807, 2.05) is 11.5 Å². The second kappa shape index (κ2) is 5.80. The summed E-state index contributed by atoms with van der Waals surface area (Å²) in [6.45, 7) is 12.8. The van der Waals surface area contributed by atoms with Gasteiger partial charge in [0.15, 0.2) is 21.2 Å². The van der Waals surface area contributed by atoms with Crippen LogP contribution in [0, 0.1) is 12.3 Å². The maximum atomic E-state index is 11.1. The van der Waals surface area contributed by atoms with E-state index in [-0.39, 0.29) is 11.6 Å². The van der Waals surface area contributed by atoms with Gasteiger partial charge in [-0.15, -0.1) is 0 Å². The van der Waals surface area contributed by atoms with Crippen LogP contribution in [0.3, 0.4) is 0 Å². The van der Waals surface area contributed by atoms with E-state index in [2.05, 4.69) is 38.8 Å². The lowest BCUT2D eigenvalue weighted by Crippen LogP contribution is -2.26. The Hall–Kier alpha value is -0.943. The highest BCUT2D eigenvalue weighted by Crippen LogP contribution is 2.30. The van der Waals surface area contributed by atoms with E-state index in [1.54, 1.807) is 6.20 Å². The molecule has 0 saturated heterocycles. The molecule has 0 aliphatic heterocycles. The minimum atomic E-state index is -1.18. The van der Waals surface area contributed by atoms with Gasteiger partial charge in [-0.1, -0.05) is 20.8 Å². The Kier molecular flexibility index (Phi) is 4.87. The summed E-state index contributed by atoms with van der Waals surface area (Å²) < 4.78 is 8.02. The molecule has 0 N–H and O–H groups in total. The molecule has 1 rings (SSSR count). The molecule has 5 heteroatoms. The van der Waals surface area contributed by atoms with Crippen molar-refractivity contribution in [3.05, 3.63) is 17.7 Å². The second-order valence-corrected chi connectivity index (χ2v) is 8.52. The van der Waals surface area contributed by atoms with Crippen LogP contribution >= 0.6 is 0 Å². The third-order valence-corrected chi connectivity index (χ3v) is 3.48. The molecule has 0 fully saturated rings. The van der Waals surface area contributed by atoms with Crippen LogP contribution in [0.4, 0.5) is 0 Å². The monoisotopic (exact) mass is 268 g/mol. The molecule has 0 aliphatic rings. The highest BCUT2D eigenvalue weighted by atomic mass is 28.3. The first-order valence-corrected chi connectivity index (χ1v) is 9.17. The molecule has 102 valence electrons. The van der Waals surface area contributed by atoms with Crippen molar-refractivity contribution in [1.29, 1.82) is 0 Å². The van der Waals surface area contributed by atoms with Gasteiger partial charge in [0.2, 0.25) is 0 Å². The van der Waals surface area contributed by atoms with Crippen LogP contribution in [0.25, 0.3) is 0 Å². The summed E-state index contributed by atoms with van der Waals surface area (Å²) in [5, 5.41) is 0. The fourth-order valence-electron chi connectivity index (χ4n) is 1.96. The average Bonchev–Trinajstić information content (AvgIpc) is 2.55. The van der Waals surface area contributed by atoms with Crippen molar-refractivity contribution in [1.82, 2.24) is 9.55 Å². The largest absolute Gasteiger partial charge is 0.400 e. The minimum absolute atomic E-state index is 0.0839. The van der Waals surface area contributed by atoms with Gasteiger partial charge in [0, 0.05) is 11.9 Å². The third-order valence-electron chi connectivity index (χ3n) is 2.62. The Balaban J connectivity index is 3.08. The van der Waals surface area contributed by atoms with Crippen molar-refractivity contribution >= 4 is 15.3 Å². The summed E-state index contributed by atoms with van der Waals surface area (Å²) >= 11 is 0. The number of aryl methyl sites for hydroxylation is 1. The molecule has 1 aromatic heterocycles. The van der Waals surface area contributed by atoms with Crippen molar-refractivity contribution in [2.45, 2.75) is 53.4 Å². The van der Waals surface area contributed by atoms with Crippen LogP contribution in [0.5, 0.6) is 0 Å². The van der Waals surface area contributed by atoms with Gasteiger partial charge in [0.05, 0.1) is 0 Å². The number of imidazole rings is 1. The van der Waals surface area contributed by atoms with Crippen molar-refractivity contribution in [3.63, 3.8) is 0 Å². The Bertz CT molecular complexity index is 408. The minimum Gasteiger partial charge on any atom is -0.400 e. The van der Waals surface area contributed by atoms with Gasteiger partial charge in [0.25, 0.3) is 0 Å². The highest BCUT2D eigenvalue weighted by Gasteiger charge is 2.24. The molecule has 0 aromatic carbocycles. The van der Waals surface area contributed by atoms with Crippen molar-refractivity contribution in [2.75, 3.05) is 0 Å². The first-order valence-electron chi connectivity index (χ1n) is 6.39. The average molecular weight is 268 g/mol. The molecule has 0 spiro atoms. The van der Waals surface area contributed by atoms with E-state index in [0.29, 0.717) is 5.82 Å². The Morgan fingerprint density at radius 1 is 1.50 bits per heavy atom. The van der Waals surface area contributed by atoms with E-state index in [4.69, 9.17) is 4.43 Å². The van der Waals surface area contributed by atoms with Crippen molar-refractivity contribution in [3.8, 4) is 0 Å². The number of carbonyl (C=O) groups excluding carboxylic acids is 1. The molecule has 1 heterocycles. The maximum Gasteiger partial charge on any atom is 0.185 e. The van der Waals surface area contributed by atoms with Crippen LogP contribution < -0.4 is 0 Å². The fourth-order valence-corrected chi connectivity index (χ4v) is 2.81. The van der Waals surface area contributed by atoms with Crippen molar-refractivity contribution < 1.29 is 9.22 Å². The SMILES string of the molecule is Cc1cnc(C=O)n1C(CC(C)(C)C)O[SiH](C)C. The number of hydrogen-bond acceptors (Lipinski definition) is 3. The Labute approximate surface area is 111 Å². The Morgan fingerprint density at radius 2 is 2.11 bits per heavy atom. The molecule has 0 saturated carbocycles. The molecule has 18 heavy (non-hydrogen) atoms. The molecular weight excluding hydrogens is 244 g/mol. The van der Waals surface area contributed by atoms with Crippen LogP contribution in [0.15, 0.2) is 6.20 Å². The molecule has 1 unspecified atom stereocenters. The normalized spacial score (nSPS) is 13.9. The lowest BCUT2D eigenvalue weighted by atomic mass is 9.91. The number of carbonyl (C=O) groups is 1. The number of rotatable bonds is 5. The summed E-state index contributed by atoms with van der Waals surface area (Å²) in [4.78, 5) is 15.2. The zero-order valence-electron chi connectivity index (χ0n) is 12.2. The predicted octanol–water partition coefficient (Wildman–Crippen LogP) is 2.94. The number of aromatic nitrogens is 2. The standard InChI is InChI=1S/C13H24N2O2Si/c1-10-8-14-11(9-16)15(10)12(17-18(5)6)7-13(2,3)4/h8-9,12,18H,7H2,1-6H3. The molecule has 1 aromatic rings. The van der Waals surface area contributed by atoms with Gasteiger partial charge in [-0.05, 0) is 31.9 Å². The maximum absolute atomic E-state index is 11.1. The number of aldehydes is 1. The van der Waals surface area contributed by atoms with Gasteiger partial charge in [0.1, 0.15) is 6.23 Å². The summed E-state index contributed by atoms with van der Waals surface area (Å²) in [5.41, 5.74) is 1.12. The van der Waals surface area contributed by atoms with Gasteiger partial charge < -0.3 is 8.99 Å². The summed E-state index contributed by atoms with van der Waals surface area (Å²) in [6, 6.07) is 0. The van der Waals surface area contributed by atoms with Gasteiger partial charge >= 0.3 is 0 Å². The van der Waals surface area contributed by atoms with Gasteiger partial charge in [-0.3, -0.25) is 4.79 Å². The van der Waals surface area contributed by atoms with Crippen LogP contribution in [0.1, 0.15) is 49.7 Å². The molecule has 0 radical (unpaired) electrons. The Morgan fingerprint density at radius 3 is 2.56 bits per heavy atom. The predicted molar refractivity (Wildman–Crippen MR) is 75.4 cm³/mol. The summed E-state index contributed by atoms with van der Waals surface area (Å²) in [6.07, 6.45) is 3.31. The van der Waals surface area contributed by atoms with E-state index in [1.165, 1.54) is 0 Å².